The van der Waals surface area contributed by atoms with Crippen LogP contribution in [0.25, 0.3) is 0 Å². The first-order chi connectivity index (χ1) is 8.69. The van der Waals surface area contributed by atoms with E-state index in [2.05, 4.69) is 4.98 Å². The first-order valence-electron chi connectivity index (χ1n) is 5.80. The van der Waals surface area contributed by atoms with Crippen molar-refractivity contribution < 1.29 is 4.39 Å². The van der Waals surface area contributed by atoms with Crippen LogP contribution in [-0.4, -0.2) is 12.0 Å². The fraction of sp³-hybridized carbons (Fsp3) is 0.214. The lowest BCUT2D eigenvalue weighted by Gasteiger charge is -2.19. The van der Waals surface area contributed by atoms with Crippen LogP contribution in [0.4, 0.5) is 10.1 Å². The van der Waals surface area contributed by atoms with Gasteiger partial charge in [-0.25, -0.2) is 4.39 Å². The zero-order valence-electron chi connectivity index (χ0n) is 10.3. The molecule has 1 aromatic carbocycles. The summed E-state index contributed by atoms with van der Waals surface area (Å²) in [7, 11) is 1.91. The van der Waals surface area contributed by atoms with Gasteiger partial charge in [0.05, 0.1) is 17.9 Å². The molecule has 18 heavy (non-hydrogen) atoms. The van der Waals surface area contributed by atoms with E-state index in [4.69, 9.17) is 5.73 Å². The summed E-state index contributed by atoms with van der Waals surface area (Å²) in [4.78, 5) is 6.37. The second-order valence-corrected chi connectivity index (χ2v) is 4.16. The molecule has 2 rings (SSSR count). The number of halogens is 1. The van der Waals surface area contributed by atoms with E-state index in [1.54, 1.807) is 6.07 Å². The van der Waals surface area contributed by atoms with E-state index in [1.807, 2.05) is 36.2 Å². The SMILES string of the molecule is CN(Cc1cccc(CN)n1)c1cccc(F)c1. The van der Waals surface area contributed by atoms with Gasteiger partial charge in [-0.05, 0) is 30.3 Å². The van der Waals surface area contributed by atoms with Crippen molar-refractivity contribution in [2.45, 2.75) is 13.1 Å². The highest BCUT2D eigenvalue weighted by molar-refractivity contribution is 5.45. The molecule has 0 amide bonds. The van der Waals surface area contributed by atoms with Gasteiger partial charge in [-0.15, -0.1) is 0 Å². The number of pyridine rings is 1. The van der Waals surface area contributed by atoms with Crippen molar-refractivity contribution >= 4 is 5.69 Å². The second-order valence-electron chi connectivity index (χ2n) is 4.16. The van der Waals surface area contributed by atoms with E-state index >= 15 is 0 Å². The lowest BCUT2D eigenvalue weighted by Crippen LogP contribution is -2.17. The van der Waals surface area contributed by atoms with Crippen LogP contribution >= 0.6 is 0 Å². The van der Waals surface area contributed by atoms with Gasteiger partial charge in [0, 0.05) is 19.3 Å². The van der Waals surface area contributed by atoms with Gasteiger partial charge in [0.2, 0.25) is 0 Å². The van der Waals surface area contributed by atoms with Crippen LogP contribution in [0.3, 0.4) is 0 Å². The first kappa shape index (κ1) is 12.5. The monoisotopic (exact) mass is 245 g/mol. The molecule has 0 radical (unpaired) electrons. The summed E-state index contributed by atoms with van der Waals surface area (Å²) >= 11 is 0. The van der Waals surface area contributed by atoms with Crippen molar-refractivity contribution in [3.63, 3.8) is 0 Å². The molecule has 0 saturated heterocycles. The Morgan fingerprint density at radius 2 is 1.89 bits per heavy atom. The number of aromatic nitrogens is 1. The Bertz CT molecular complexity index is 528. The van der Waals surface area contributed by atoms with Crippen LogP contribution in [-0.2, 0) is 13.1 Å². The van der Waals surface area contributed by atoms with Gasteiger partial charge in [0.15, 0.2) is 0 Å². The van der Waals surface area contributed by atoms with E-state index in [0.717, 1.165) is 17.1 Å². The third-order valence-electron chi connectivity index (χ3n) is 2.72. The molecule has 0 saturated carbocycles. The lowest BCUT2D eigenvalue weighted by atomic mass is 10.2. The lowest BCUT2D eigenvalue weighted by molar-refractivity contribution is 0.627. The molecule has 1 aromatic heterocycles. The van der Waals surface area contributed by atoms with Crippen LogP contribution in [0.1, 0.15) is 11.4 Å². The largest absolute Gasteiger partial charge is 0.369 e. The second kappa shape index (κ2) is 5.60. The van der Waals surface area contributed by atoms with Crippen molar-refractivity contribution in [2.75, 3.05) is 11.9 Å². The number of nitrogens with zero attached hydrogens (tertiary/aromatic N) is 2. The molecule has 2 N–H and O–H groups in total. The molecule has 0 atom stereocenters. The maximum absolute atomic E-state index is 13.1. The van der Waals surface area contributed by atoms with Gasteiger partial charge in [-0.2, -0.15) is 0 Å². The summed E-state index contributed by atoms with van der Waals surface area (Å²) in [5.74, 6) is -0.233. The van der Waals surface area contributed by atoms with E-state index < -0.39 is 0 Å². The quantitative estimate of drug-likeness (QED) is 0.898. The highest BCUT2D eigenvalue weighted by Crippen LogP contribution is 2.15. The Morgan fingerprint density at radius 1 is 1.17 bits per heavy atom. The van der Waals surface area contributed by atoms with E-state index in [-0.39, 0.29) is 5.82 Å². The molecule has 1 heterocycles. The van der Waals surface area contributed by atoms with Crippen molar-refractivity contribution in [1.82, 2.24) is 4.98 Å². The standard InChI is InChI=1S/C14H16FN3/c1-18(14-7-2-4-11(15)8-14)10-13-6-3-5-12(9-16)17-13/h2-8H,9-10,16H2,1H3. The maximum Gasteiger partial charge on any atom is 0.125 e. The van der Waals surface area contributed by atoms with Gasteiger partial charge in [0.1, 0.15) is 5.82 Å². The topological polar surface area (TPSA) is 42.1 Å². The van der Waals surface area contributed by atoms with Crippen LogP contribution in [0, 0.1) is 5.82 Å². The molecule has 0 bridgehead atoms. The van der Waals surface area contributed by atoms with Crippen molar-refractivity contribution in [1.29, 1.82) is 0 Å². The first-order valence-corrected chi connectivity index (χ1v) is 5.80. The summed E-state index contributed by atoms with van der Waals surface area (Å²) in [6.45, 7) is 1.05. The average molecular weight is 245 g/mol. The molecule has 94 valence electrons. The van der Waals surface area contributed by atoms with Crippen LogP contribution in [0.15, 0.2) is 42.5 Å². The summed E-state index contributed by atoms with van der Waals surface area (Å²) in [6, 6.07) is 12.3. The van der Waals surface area contributed by atoms with Crippen LogP contribution in [0.5, 0.6) is 0 Å². The number of rotatable bonds is 4. The Balaban J connectivity index is 2.13. The molecule has 2 aromatic rings. The van der Waals surface area contributed by atoms with E-state index in [1.165, 1.54) is 12.1 Å². The Hall–Kier alpha value is -1.94. The number of anilines is 1. The summed E-state index contributed by atoms with van der Waals surface area (Å²) in [6.07, 6.45) is 0. The van der Waals surface area contributed by atoms with Crippen LogP contribution < -0.4 is 10.6 Å². The predicted octanol–water partition coefficient (Wildman–Crippen LogP) is 2.32. The van der Waals surface area contributed by atoms with Crippen molar-refractivity contribution in [3.05, 3.63) is 59.7 Å². The third kappa shape index (κ3) is 3.05. The zero-order valence-corrected chi connectivity index (χ0v) is 10.3. The molecule has 3 nitrogen and oxygen atoms in total. The van der Waals surface area contributed by atoms with Gasteiger partial charge >= 0.3 is 0 Å². The van der Waals surface area contributed by atoms with Gasteiger partial charge in [-0.1, -0.05) is 12.1 Å². The molecular weight excluding hydrogens is 229 g/mol. The van der Waals surface area contributed by atoms with Gasteiger partial charge in [0.25, 0.3) is 0 Å². The Labute approximate surface area is 106 Å². The summed E-state index contributed by atoms with van der Waals surface area (Å²) in [5.41, 5.74) is 8.17. The molecule has 0 aliphatic heterocycles. The molecular formula is C14H16FN3. The molecule has 0 aliphatic carbocycles. The van der Waals surface area contributed by atoms with Crippen LogP contribution in [0.2, 0.25) is 0 Å². The normalized spacial score (nSPS) is 10.4. The fourth-order valence-electron chi connectivity index (χ4n) is 1.78. The fourth-order valence-corrected chi connectivity index (χ4v) is 1.78. The number of benzene rings is 1. The molecule has 0 aliphatic rings. The molecule has 0 unspecified atom stereocenters. The highest BCUT2D eigenvalue weighted by Gasteiger charge is 2.04. The minimum absolute atomic E-state index is 0.233. The van der Waals surface area contributed by atoms with Gasteiger partial charge < -0.3 is 10.6 Å². The zero-order chi connectivity index (χ0) is 13.0. The predicted molar refractivity (Wildman–Crippen MR) is 70.6 cm³/mol. The van der Waals surface area contributed by atoms with E-state index in [0.29, 0.717) is 13.1 Å². The van der Waals surface area contributed by atoms with Crippen molar-refractivity contribution in [2.24, 2.45) is 5.73 Å². The number of hydrogen-bond acceptors (Lipinski definition) is 3. The molecule has 0 spiro atoms. The van der Waals surface area contributed by atoms with Crippen molar-refractivity contribution in [3.8, 4) is 0 Å². The van der Waals surface area contributed by atoms with E-state index in [9.17, 15) is 4.39 Å². The number of nitrogens with two attached hydrogens (primary N) is 1. The molecule has 0 fully saturated rings. The average Bonchev–Trinajstić information content (AvgIpc) is 2.39. The third-order valence-corrected chi connectivity index (χ3v) is 2.72. The summed E-state index contributed by atoms with van der Waals surface area (Å²) in [5, 5.41) is 0. The maximum atomic E-state index is 13.1. The smallest absolute Gasteiger partial charge is 0.125 e. The minimum Gasteiger partial charge on any atom is -0.369 e. The van der Waals surface area contributed by atoms with Gasteiger partial charge in [-0.3, -0.25) is 4.98 Å². The Morgan fingerprint density at radius 3 is 2.61 bits per heavy atom. The highest BCUT2D eigenvalue weighted by atomic mass is 19.1. The molecule has 4 heteroatoms. The number of hydrogen-bond donors (Lipinski definition) is 1. The minimum atomic E-state index is -0.233. The Kier molecular flexibility index (Phi) is 3.89. The summed E-state index contributed by atoms with van der Waals surface area (Å²) < 4.78 is 13.1.